The van der Waals surface area contributed by atoms with E-state index in [1.807, 2.05) is 0 Å². The zero-order valence-electron chi connectivity index (χ0n) is 15.4. The van der Waals surface area contributed by atoms with Crippen molar-refractivity contribution < 1.29 is 17.9 Å². The Bertz CT molecular complexity index is 1110. The van der Waals surface area contributed by atoms with Crippen LogP contribution in [0, 0.1) is 0 Å². The van der Waals surface area contributed by atoms with Crippen LogP contribution in [0.1, 0.15) is 22.5 Å². The summed E-state index contributed by atoms with van der Waals surface area (Å²) in [5, 5.41) is 4.40. The smallest absolute Gasteiger partial charge is 0.267 e. The summed E-state index contributed by atoms with van der Waals surface area (Å²) in [6.45, 7) is 0.987. The number of hydrogen-bond donors (Lipinski definition) is 1. The van der Waals surface area contributed by atoms with E-state index in [-0.39, 0.29) is 9.77 Å². The second-order valence-electron chi connectivity index (χ2n) is 6.49. The van der Waals surface area contributed by atoms with Gasteiger partial charge in [0.2, 0.25) is 10.0 Å². The van der Waals surface area contributed by atoms with E-state index < -0.39 is 15.9 Å². The fraction of sp³-hybridized carbons (Fsp3) is 0.200. The molecule has 3 heterocycles. The lowest BCUT2D eigenvalue weighted by molar-refractivity contribution is 0.102. The zero-order chi connectivity index (χ0) is 20.3. The van der Waals surface area contributed by atoms with Gasteiger partial charge in [-0.05, 0) is 48.6 Å². The molecule has 7 nitrogen and oxygen atoms in total. The predicted octanol–water partition coefficient (Wildman–Crippen LogP) is 3.97. The van der Waals surface area contributed by atoms with Crippen LogP contribution < -0.4 is 10.1 Å². The number of benzene rings is 1. The Morgan fingerprint density at radius 2 is 1.83 bits per heavy atom. The number of carbonyl (C=O) groups excluding carboxylic acids is 1. The molecule has 0 atom stereocenters. The van der Waals surface area contributed by atoms with E-state index >= 15 is 0 Å². The number of nitrogens with one attached hydrogen (secondary N) is 1. The first kappa shape index (κ1) is 19.6. The summed E-state index contributed by atoms with van der Waals surface area (Å²) in [5.41, 5.74) is 0.513. The van der Waals surface area contributed by atoms with E-state index in [0.29, 0.717) is 30.3 Å². The maximum Gasteiger partial charge on any atom is 0.267 e. The SMILES string of the molecule is O=C(Nc1cccc(Oc2ccncc2)c1)c1sccc1S(=O)(=O)N1CCCC1. The molecule has 1 amide bonds. The summed E-state index contributed by atoms with van der Waals surface area (Å²) >= 11 is 1.11. The first-order valence-corrected chi connectivity index (χ1v) is 11.4. The van der Waals surface area contributed by atoms with Crippen molar-refractivity contribution in [3.8, 4) is 11.5 Å². The number of pyridine rings is 1. The highest BCUT2D eigenvalue weighted by atomic mass is 32.2. The molecule has 29 heavy (non-hydrogen) atoms. The quantitative estimate of drug-likeness (QED) is 0.640. The molecular weight excluding hydrogens is 410 g/mol. The standard InChI is InChI=1S/C20H19N3O4S2/c24-20(19-18(8-13-28-19)29(25,26)23-11-1-2-12-23)22-15-4-3-5-17(14-15)27-16-6-9-21-10-7-16/h3-10,13-14H,1-2,11-12H2,(H,22,24). The minimum absolute atomic E-state index is 0.0612. The van der Waals surface area contributed by atoms with Gasteiger partial charge in [0.25, 0.3) is 5.91 Å². The number of nitrogens with zero attached hydrogens (tertiary/aromatic N) is 2. The van der Waals surface area contributed by atoms with Gasteiger partial charge < -0.3 is 10.1 Å². The van der Waals surface area contributed by atoms with Crippen LogP contribution in [0.5, 0.6) is 11.5 Å². The molecular formula is C20H19N3O4S2. The van der Waals surface area contributed by atoms with Crippen molar-refractivity contribution in [1.29, 1.82) is 0 Å². The summed E-state index contributed by atoms with van der Waals surface area (Å²) in [5.74, 6) is 0.713. The highest BCUT2D eigenvalue weighted by molar-refractivity contribution is 7.89. The first-order chi connectivity index (χ1) is 14.0. The number of ether oxygens (including phenoxy) is 1. The molecule has 1 aliphatic rings. The summed E-state index contributed by atoms with van der Waals surface area (Å²) < 4.78 is 32.9. The van der Waals surface area contributed by atoms with Crippen LogP contribution in [0.3, 0.4) is 0 Å². The normalized spacial score (nSPS) is 14.6. The van der Waals surface area contributed by atoms with Gasteiger partial charge in [0.05, 0.1) is 0 Å². The molecule has 9 heteroatoms. The number of aromatic nitrogens is 1. The average molecular weight is 430 g/mol. The van der Waals surface area contributed by atoms with Crippen LogP contribution in [0.2, 0.25) is 0 Å². The molecule has 1 aliphatic heterocycles. The number of rotatable bonds is 6. The number of thiophene rings is 1. The zero-order valence-corrected chi connectivity index (χ0v) is 17.1. The summed E-state index contributed by atoms with van der Waals surface area (Å²) in [6, 6.07) is 11.9. The Hall–Kier alpha value is -2.75. The van der Waals surface area contributed by atoms with Gasteiger partial charge in [-0.1, -0.05) is 6.07 Å². The van der Waals surface area contributed by atoms with Gasteiger partial charge in [-0.25, -0.2) is 8.42 Å². The van der Waals surface area contributed by atoms with Crippen molar-refractivity contribution in [3.63, 3.8) is 0 Å². The van der Waals surface area contributed by atoms with E-state index in [0.717, 1.165) is 24.2 Å². The summed E-state index contributed by atoms with van der Waals surface area (Å²) in [4.78, 5) is 17.0. The third kappa shape index (κ3) is 4.31. The van der Waals surface area contributed by atoms with Crippen LogP contribution in [0.4, 0.5) is 5.69 Å². The Kier molecular flexibility index (Phi) is 5.61. The van der Waals surface area contributed by atoms with Crippen LogP contribution in [0.15, 0.2) is 65.1 Å². The third-order valence-corrected chi connectivity index (χ3v) is 7.48. The van der Waals surface area contributed by atoms with E-state index in [1.165, 1.54) is 10.4 Å². The predicted molar refractivity (Wildman–Crippen MR) is 111 cm³/mol. The van der Waals surface area contributed by atoms with Crippen molar-refractivity contribution in [2.24, 2.45) is 0 Å². The van der Waals surface area contributed by atoms with E-state index in [1.54, 1.807) is 54.2 Å². The fourth-order valence-corrected chi connectivity index (χ4v) is 5.91. The Labute approximate surface area is 173 Å². The minimum atomic E-state index is -3.66. The number of carbonyl (C=O) groups is 1. The molecule has 1 aromatic carbocycles. The molecule has 1 fully saturated rings. The van der Waals surface area contributed by atoms with Crippen LogP contribution in [-0.2, 0) is 10.0 Å². The average Bonchev–Trinajstić information content (AvgIpc) is 3.42. The maximum absolute atomic E-state index is 12.9. The van der Waals surface area contributed by atoms with Crippen molar-refractivity contribution in [2.75, 3.05) is 18.4 Å². The highest BCUT2D eigenvalue weighted by Gasteiger charge is 2.31. The molecule has 1 saturated heterocycles. The highest BCUT2D eigenvalue weighted by Crippen LogP contribution is 2.29. The Morgan fingerprint density at radius 3 is 2.59 bits per heavy atom. The molecule has 0 spiro atoms. The Balaban J connectivity index is 1.52. The van der Waals surface area contributed by atoms with Crippen LogP contribution in [-0.4, -0.2) is 36.7 Å². The van der Waals surface area contributed by atoms with Gasteiger partial charge in [-0.15, -0.1) is 11.3 Å². The summed E-state index contributed by atoms with van der Waals surface area (Å²) in [7, 11) is -3.66. The molecule has 0 unspecified atom stereocenters. The van der Waals surface area contributed by atoms with Crippen molar-refractivity contribution in [1.82, 2.24) is 9.29 Å². The molecule has 0 radical (unpaired) electrons. The van der Waals surface area contributed by atoms with Crippen LogP contribution in [0.25, 0.3) is 0 Å². The van der Waals surface area contributed by atoms with Gasteiger partial charge in [0.15, 0.2) is 0 Å². The molecule has 0 bridgehead atoms. The fourth-order valence-electron chi connectivity index (χ4n) is 3.10. The number of amides is 1. The van der Waals surface area contributed by atoms with Crippen molar-refractivity contribution >= 4 is 33.0 Å². The number of anilines is 1. The molecule has 4 rings (SSSR count). The first-order valence-electron chi connectivity index (χ1n) is 9.11. The lowest BCUT2D eigenvalue weighted by Crippen LogP contribution is -2.29. The molecule has 3 aromatic rings. The third-order valence-electron chi connectivity index (χ3n) is 4.50. The second kappa shape index (κ2) is 8.32. The van der Waals surface area contributed by atoms with Crippen molar-refractivity contribution in [3.05, 3.63) is 65.1 Å². The largest absolute Gasteiger partial charge is 0.457 e. The van der Waals surface area contributed by atoms with Crippen LogP contribution >= 0.6 is 11.3 Å². The molecule has 1 N–H and O–H groups in total. The topological polar surface area (TPSA) is 88.6 Å². The van der Waals surface area contributed by atoms with Crippen molar-refractivity contribution in [2.45, 2.75) is 17.7 Å². The molecule has 0 aliphatic carbocycles. The molecule has 150 valence electrons. The van der Waals surface area contributed by atoms with E-state index in [4.69, 9.17) is 4.74 Å². The van der Waals surface area contributed by atoms with Gasteiger partial charge in [0, 0.05) is 37.2 Å². The van der Waals surface area contributed by atoms with Gasteiger partial charge in [0.1, 0.15) is 21.3 Å². The lowest BCUT2D eigenvalue weighted by Gasteiger charge is -2.15. The summed E-state index contributed by atoms with van der Waals surface area (Å²) in [6.07, 6.45) is 4.94. The van der Waals surface area contributed by atoms with Gasteiger partial charge in [-0.3, -0.25) is 9.78 Å². The lowest BCUT2D eigenvalue weighted by atomic mass is 10.3. The number of sulfonamides is 1. The Morgan fingerprint density at radius 1 is 1.07 bits per heavy atom. The van der Waals surface area contributed by atoms with E-state index in [9.17, 15) is 13.2 Å². The minimum Gasteiger partial charge on any atom is -0.457 e. The second-order valence-corrected chi connectivity index (χ2v) is 9.31. The monoisotopic (exact) mass is 429 g/mol. The van der Waals surface area contributed by atoms with E-state index in [2.05, 4.69) is 10.3 Å². The maximum atomic E-state index is 12.9. The van der Waals surface area contributed by atoms with Gasteiger partial charge >= 0.3 is 0 Å². The molecule has 0 saturated carbocycles. The van der Waals surface area contributed by atoms with Gasteiger partial charge in [-0.2, -0.15) is 4.31 Å². The number of hydrogen-bond acceptors (Lipinski definition) is 6. The molecule has 2 aromatic heterocycles.